The zero-order valence-electron chi connectivity index (χ0n) is 9.04. The average molecular weight is 234 g/mol. The Morgan fingerprint density at radius 2 is 2.41 bits per heavy atom. The van der Waals surface area contributed by atoms with Crippen molar-refractivity contribution in [2.45, 2.75) is 6.54 Å². The van der Waals surface area contributed by atoms with Gasteiger partial charge in [-0.05, 0) is 10.8 Å². The minimum atomic E-state index is -0.394. The molecular weight excluding hydrogens is 224 g/mol. The smallest absolute Gasteiger partial charge is 0.293 e. The maximum atomic E-state index is 11.5. The third kappa shape index (κ3) is 2.74. The van der Waals surface area contributed by atoms with Crippen molar-refractivity contribution in [2.24, 2.45) is 0 Å². The van der Waals surface area contributed by atoms with Crippen LogP contribution in [0.2, 0.25) is 0 Å². The van der Waals surface area contributed by atoms with Crippen LogP contribution in [0.25, 0.3) is 0 Å². The number of aromatic amines is 1. The van der Waals surface area contributed by atoms with Crippen LogP contribution in [0.1, 0.15) is 16.2 Å². The summed E-state index contributed by atoms with van der Waals surface area (Å²) in [6, 6.07) is 3.53. The van der Waals surface area contributed by atoms with Gasteiger partial charge >= 0.3 is 0 Å². The highest BCUT2D eigenvalue weighted by atomic mass is 16.5. The van der Waals surface area contributed by atoms with Crippen molar-refractivity contribution in [1.82, 2.24) is 30.9 Å². The summed E-state index contributed by atoms with van der Waals surface area (Å²) in [6.45, 7) is 0.338. The van der Waals surface area contributed by atoms with Gasteiger partial charge in [0.2, 0.25) is 5.88 Å². The lowest BCUT2D eigenvalue weighted by atomic mass is 10.3. The largest absolute Gasteiger partial charge is 0.481 e. The average Bonchev–Trinajstić information content (AvgIpc) is 2.90. The molecule has 0 aliphatic heterocycles. The van der Waals surface area contributed by atoms with Crippen LogP contribution in [0.3, 0.4) is 0 Å². The number of aromatic nitrogens is 5. The number of rotatable bonds is 4. The molecule has 0 atom stereocenters. The molecule has 0 spiro atoms. The molecule has 0 aliphatic carbocycles. The van der Waals surface area contributed by atoms with Crippen LogP contribution >= 0.6 is 0 Å². The second-order valence-corrected chi connectivity index (χ2v) is 3.13. The second-order valence-electron chi connectivity index (χ2n) is 3.13. The molecule has 2 aromatic heterocycles. The van der Waals surface area contributed by atoms with Gasteiger partial charge in [-0.3, -0.25) is 4.79 Å². The predicted molar refractivity (Wildman–Crippen MR) is 56.1 cm³/mol. The Morgan fingerprint density at radius 1 is 1.53 bits per heavy atom. The first-order valence-electron chi connectivity index (χ1n) is 4.80. The van der Waals surface area contributed by atoms with Crippen LogP contribution in [-0.2, 0) is 6.54 Å². The fourth-order valence-corrected chi connectivity index (χ4v) is 1.16. The van der Waals surface area contributed by atoms with Gasteiger partial charge in [0, 0.05) is 18.8 Å². The molecule has 88 valence electrons. The zero-order chi connectivity index (χ0) is 12.1. The maximum absolute atomic E-state index is 11.5. The molecule has 1 amide bonds. The van der Waals surface area contributed by atoms with Gasteiger partial charge in [-0.2, -0.15) is 5.21 Å². The minimum absolute atomic E-state index is 0.00599. The molecule has 8 nitrogen and oxygen atoms in total. The van der Waals surface area contributed by atoms with Crippen molar-refractivity contribution in [3.8, 4) is 5.88 Å². The summed E-state index contributed by atoms with van der Waals surface area (Å²) in [5.74, 6) is 0.138. The van der Waals surface area contributed by atoms with Crippen molar-refractivity contribution in [3.05, 3.63) is 29.7 Å². The monoisotopic (exact) mass is 234 g/mol. The Balaban J connectivity index is 1.91. The SMILES string of the molecule is COc1ccc(CNC(=O)c2nn[nH]n2)cn1. The number of tetrazole rings is 1. The molecule has 2 heterocycles. The molecule has 0 bridgehead atoms. The van der Waals surface area contributed by atoms with Crippen LogP contribution in [0.15, 0.2) is 18.3 Å². The maximum Gasteiger partial charge on any atom is 0.293 e. The lowest BCUT2D eigenvalue weighted by Crippen LogP contribution is -2.24. The van der Waals surface area contributed by atoms with E-state index in [2.05, 4.69) is 30.9 Å². The van der Waals surface area contributed by atoms with E-state index in [0.29, 0.717) is 12.4 Å². The minimum Gasteiger partial charge on any atom is -0.481 e. The molecule has 0 saturated carbocycles. The Hall–Kier alpha value is -2.51. The van der Waals surface area contributed by atoms with Crippen molar-refractivity contribution in [1.29, 1.82) is 0 Å². The molecule has 0 aromatic carbocycles. The summed E-state index contributed by atoms with van der Waals surface area (Å²) in [6.07, 6.45) is 1.62. The predicted octanol–water partition coefficient (Wildman–Crippen LogP) is -0.467. The molecule has 0 radical (unpaired) electrons. The third-order valence-electron chi connectivity index (χ3n) is 2.01. The zero-order valence-corrected chi connectivity index (χ0v) is 9.04. The third-order valence-corrected chi connectivity index (χ3v) is 2.01. The van der Waals surface area contributed by atoms with E-state index in [1.807, 2.05) is 6.07 Å². The highest BCUT2D eigenvalue weighted by molar-refractivity contribution is 5.89. The van der Waals surface area contributed by atoms with Gasteiger partial charge in [0.05, 0.1) is 7.11 Å². The molecule has 0 aliphatic rings. The van der Waals surface area contributed by atoms with Crippen LogP contribution in [-0.4, -0.2) is 38.6 Å². The quantitative estimate of drug-likeness (QED) is 0.741. The fraction of sp³-hybridized carbons (Fsp3) is 0.222. The number of ether oxygens (including phenoxy) is 1. The van der Waals surface area contributed by atoms with E-state index in [4.69, 9.17) is 4.74 Å². The number of carbonyl (C=O) groups is 1. The molecule has 17 heavy (non-hydrogen) atoms. The summed E-state index contributed by atoms with van der Waals surface area (Å²) in [5, 5.41) is 15.3. The van der Waals surface area contributed by atoms with Crippen LogP contribution < -0.4 is 10.1 Å². The molecule has 0 saturated heterocycles. The number of hydrogen-bond acceptors (Lipinski definition) is 6. The van der Waals surface area contributed by atoms with E-state index in [1.165, 1.54) is 0 Å². The number of amides is 1. The van der Waals surface area contributed by atoms with E-state index >= 15 is 0 Å². The molecular formula is C9H10N6O2. The number of pyridine rings is 1. The number of methoxy groups -OCH3 is 1. The van der Waals surface area contributed by atoms with E-state index in [1.54, 1.807) is 19.4 Å². The first kappa shape index (κ1) is 11.0. The van der Waals surface area contributed by atoms with Gasteiger partial charge in [0.15, 0.2) is 0 Å². The summed E-state index contributed by atoms with van der Waals surface area (Å²) in [4.78, 5) is 15.5. The summed E-state index contributed by atoms with van der Waals surface area (Å²) < 4.78 is 4.92. The molecule has 2 N–H and O–H groups in total. The normalized spacial score (nSPS) is 9.94. The van der Waals surface area contributed by atoms with Gasteiger partial charge in [-0.25, -0.2) is 4.98 Å². The first-order valence-corrected chi connectivity index (χ1v) is 4.80. The van der Waals surface area contributed by atoms with E-state index in [-0.39, 0.29) is 5.82 Å². The van der Waals surface area contributed by atoms with Crippen LogP contribution in [0, 0.1) is 0 Å². The fourth-order valence-electron chi connectivity index (χ4n) is 1.16. The van der Waals surface area contributed by atoms with Crippen molar-refractivity contribution in [3.63, 3.8) is 0 Å². The van der Waals surface area contributed by atoms with Crippen molar-refractivity contribution < 1.29 is 9.53 Å². The van der Waals surface area contributed by atoms with E-state index < -0.39 is 5.91 Å². The summed E-state index contributed by atoms with van der Waals surface area (Å²) in [5.41, 5.74) is 0.850. The van der Waals surface area contributed by atoms with Crippen molar-refractivity contribution >= 4 is 5.91 Å². The first-order chi connectivity index (χ1) is 8.29. The molecule has 8 heteroatoms. The van der Waals surface area contributed by atoms with Gasteiger partial charge < -0.3 is 10.1 Å². The molecule has 0 unspecified atom stereocenters. The van der Waals surface area contributed by atoms with E-state index in [0.717, 1.165) is 5.56 Å². The highest BCUT2D eigenvalue weighted by Gasteiger charge is 2.09. The summed E-state index contributed by atoms with van der Waals surface area (Å²) in [7, 11) is 1.54. The number of nitrogens with one attached hydrogen (secondary N) is 2. The van der Waals surface area contributed by atoms with Crippen molar-refractivity contribution in [2.75, 3.05) is 7.11 Å². The Bertz CT molecular complexity index is 481. The van der Waals surface area contributed by atoms with Gasteiger partial charge in [-0.15, -0.1) is 10.2 Å². The van der Waals surface area contributed by atoms with Gasteiger partial charge in [0.1, 0.15) is 0 Å². The molecule has 0 fully saturated rings. The second kappa shape index (κ2) is 5.01. The Labute approximate surface area is 96.4 Å². The standard InChI is InChI=1S/C9H10N6O2/c1-17-7-3-2-6(4-10-7)5-11-9(16)8-12-14-15-13-8/h2-4H,5H2,1H3,(H,11,16)(H,12,13,14,15). The number of carbonyl (C=O) groups excluding carboxylic acids is 1. The Kier molecular flexibility index (Phi) is 3.24. The lowest BCUT2D eigenvalue weighted by Gasteiger charge is -2.03. The highest BCUT2D eigenvalue weighted by Crippen LogP contribution is 2.06. The Morgan fingerprint density at radius 3 is 3.00 bits per heavy atom. The van der Waals surface area contributed by atoms with Gasteiger partial charge in [-0.1, -0.05) is 6.07 Å². The number of hydrogen-bond donors (Lipinski definition) is 2. The topological polar surface area (TPSA) is 106 Å². The van der Waals surface area contributed by atoms with Gasteiger partial charge in [0.25, 0.3) is 11.7 Å². The lowest BCUT2D eigenvalue weighted by molar-refractivity contribution is 0.0940. The van der Waals surface area contributed by atoms with Crippen LogP contribution in [0.5, 0.6) is 5.88 Å². The van der Waals surface area contributed by atoms with Crippen LogP contribution in [0.4, 0.5) is 0 Å². The molecule has 2 aromatic rings. The number of nitrogens with zero attached hydrogens (tertiary/aromatic N) is 4. The molecule has 2 rings (SSSR count). The summed E-state index contributed by atoms with van der Waals surface area (Å²) >= 11 is 0. The number of H-pyrrole nitrogens is 1. The van der Waals surface area contributed by atoms with E-state index in [9.17, 15) is 4.79 Å².